The molecule has 1 atom stereocenters. The first-order valence-corrected chi connectivity index (χ1v) is 11.3. The molecule has 4 rings (SSSR count). The van der Waals surface area contributed by atoms with Gasteiger partial charge in [0.05, 0.1) is 24.0 Å². The highest BCUT2D eigenvalue weighted by molar-refractivity contribution is 5.99. The van der Waals surface area contributed by atoms with E-state index in [1.807, 2.05) is 6.92 Å². The molecule has 1 aliphatic heterocycles. The Balaban J connectivity index is 1.67. The van der Waals surface area contributed by atoms with E-state index in [0.29, 0.717) is 30.0 Å². The predicted molar refractivity (Wildman–Crippen MR) is 125 cm³/mol. The third-order valence-electron chi connectivity index (χ3n) is 6.19. The number of alkyl halides is 2. The summed E-state index contributed by atoms with van der Waals surface area (Å²) in [4.78, 5) is 22.4. The lowest BCUT2D eigenvalue weighted by atomic mass is 9.96. The molecule has 1 aliphatic rings. The summed E-state index contributed by atoms with van der Waals surface area (Å²) in [7, 11) is 0. The highest BCUT2D eigenvalue weighted by Gasteiger charge is 2.30. The summed E-state index contributed by atoms with van der Waals surface area (Å²) in [6.07, 6.45) is 1.50. The molecular weight excluding hydrogens is 460 g/mol. The second-order valence-corrected chi connectivity index (χ2v) is 9.06. The number of nitrogens with one attached hydrogen (secondary N) is 1. The number of anilines is 1. The number of rotatable bonds is 7. The Morgan fingerprint density at radius 1 is 1.14 bits per heavy atom. The van der Waals surface area contributed by atoms with Crippen LogP contribution in [0.1, 0.15) is 66.5 Å². The quantitative estimate of drug-likeness (QED) is 0.402. The van der Waals surface area contributed by atoms with Crippen molar-refractivity contribution in [3.05, 3.63) is 76.1 Å². The molecule has 184 valence electrons. The van der Waals surface area contributed by atoms with Crippen molar-refractivity contribution in [2.24, 2.45) is 0 Å². The van der Waals surface area contributed by atoms with E-state index < -0.39 is 30.0 Å². The van der Waals surface area contributed by atoms with Gasteiger partial charge in [0, 0.05) is 35.0 Å². The summed E-state index contributed by atoms with van der Waals surface area (Å²) in [5.74, 6) is -1.16. The van der Waals surface area contributed by atoms with Crippen LogP contribution < -0.4 is 5.32 Å². The Hall–Kier alpha value is -3.49. The number of nitrogens with zero attached hydrogens (tertiary/aromatic N) is 3. The number of halogens is 4. The molecule has 0 aliphatic carbocycles. The molecule has 35 heavy (non-hydrogen) atoms. The monoisotopic (exact) mass is 486 g/mol. The van der Waals surface area contributed by atoms with Crippen LogP contribution >= 0.6 is 0 Å². The molecule has 0 bridgehead atoms. The van der Waals surface area contributed by atoms with Gasteiger partial charge in [-0.15, -0.1) is 0 Å². The maximum absolute atomic E-state index is 15.2. The average Bonchev–Trinajstić information content (AvgIpc) is 3.16. The zero-order chi connectivity index (χ0) is 25.5. The van der Waals surface area contributed by atoms with Crippen molar-refractivity contribution in [3.63, 3.8) is 0 Å². The topological polar surface area (TPSA) is 58.1 Å². The number of carbonyl (C=O) groups is 1. The first-order valence-electron chi connectivity index (χ1n) is 11.3. The van der Waals surface area contributed by atoms with Crippen molar-refractivity contribution in [2.45, 2.75) is 52.6 Å². The van der Waals surface area contributed by atoms with Crippen LogP contribution in [-0.4, -0.2) is 27.3 Å². The van der Waals surface area contributed by atoms with Gasteiger partial charge in [-0.3, -0.25) is 4.79 Å². The summed E-state index contributed by atoms with van der Waals surface area (Å²) < 4.78 is 58.2. The highest BCUT2D eigenvalue weighted by atomic mass is 19.1. The van der Waals surface area contributed by atoms with Crippen LogP contribution in [0, 0.1) is 11.6 Å². The van der Waals surface area contributed by atoms with E-state index in [4.69, 9.17) is 0 Å². The largest absolute Gasteiger partial charge is 0.363 e. The van der Waals surface area contributed by atoms with Crippen LogP contribution in [0.4, 0.5) is 23.4 Å². The van der Waals surface area contributed by atoms with Crippen molar-refractivity contribution in [1.82, 2.24) is 14.9 Å². The molecular formula is C26H26F4N4O. The molecule has 3 heterocycles. The van der Waals surface area contributed by atoms with Crippen molar-refractivity contribution in [3.8, 4) is 11.3 Å². The normalized spacial score (nSPS) is 14.3. The molecule has 5 nitrogen and oxygen atoms in total. The van der Waals surface area contributed by atoms with E-state index in [9.17, 15) is 13.6 Å². The van der Waals surface area contributed by atoms with Crippen LogP contribution in [0.2, 0.25) is 0 Å². The Bertz CT molecular complexity index is 1290. The molecule has 0 saturated carbocycles. The van der Waals surface area contributed by atoms with E-state index in [-0.39, 0.29) is 34.0 Å². The van der Waals surface area contributed by atoms with E-state index in [0.717, 1.165) is 12.1 Å². The maximum atomic E-state index is 15.2. The first kappa shape index (κ1) is 24.6. The molecule has 3 aromatic rings. The van der Waals surface area contributed by atoms with E-state index in [1.165, 1.54) is 32.2 Å². The van der Waals surface area contributed by atoms with Crippen molar-refractivity contribution < 1.29 is 22.4 Å². The SMILES string of the molecule is CCN1Cc2c(ccnc2N[C@@H](C)c2cc(F)c(-c3cc(C(C)(C)F)cc(CF)n3)cc2F)C1=O. The minimum atomic E-state index is -1.81. The van der Waals surface area contributed by atoms with Gasteiger partial charge in [-0.2, -0.15) is 0 Å². The number of amides is 1. The van der Waals surface area contributed by atoms with Crippen molar-refractivity contribution >= 4 is 11.7 Å². The molecule has 1 amide bonds. The smallest absolute Gasteiger partial charge is 0.254 e. The second-order valence-electron chi connectivity index (χ2n) is 9.06. The van der Waals surface area contributed by atoms with Gasteiger partial charge in [0.2, 0.25) is 0 Å². The molecule has 2 aromatic heterocycles. The molecule has 1 aromatic carbocycles. The number of carbonyl (C=O) groups excluding carboxylic acids is 1. The summed E-state index contributed by atoms with van der Waals surface area (Å²) >= 11 is 0. The average molecular weight is 487 g/mol. The van der Waals surface area contributed by atoms with E-state index >= 15 is 8.78 Å². The van der Waals surface area contributed by atoms with Crippen LogP contribution in [0.25, 0.3) is 11.3 Å². The van der Waals surface area contributed by atoms with Gasteiger partial charge >= 0.3 is 0 Å². The number of benzene rings is 1. The van der Waals surface area contributed by atoms with Gasteiger partial charge in [0.1, 0.15) is 29.8 Å². The molecule has 0 unspecified atom stereocenters. The van der Waals surface area contributed by atoms with Crippen molar-refractivity contribution in [2.75, 3.05) is 11.9 Å². The lowest BCUT2D eigenvalue weighted by Crippen LogP contribution is -2.22. The lowest BCUT2D eigenvalue weighted by molar-refractivity contribution is 0.0787. The molecule has 0 radical (unpaired) electrons. The minimum Gasteiger partial charge on any atom is -0.363 e. The third kappa shape index (κ3) is 4.72. The predicted octanol–water partition coefficient (Wildman–Crippen LogP) is 6.24. The highest BCUT2D eigenvalue weighted by Crippen LogP contribution is 2.34. The van der Waals surface area contributed by atoms with Gasteiger partial charge < -0.3 is 10.2 Å². The van der Waals surface area contributed by atoms with Crippen LogP contribution in [-0.2, 0) is 18.9 Å². The number of hydrogen-bond acceptors (Lipinski definition) is 4. The molecule has 0 fully saturated rings. The van der Waals surface area contributed by atoms with Gasteiger partial charge in [-0.1, -0.05) is 0 Å². The Labute approximate surface area is 201 Å². The van der Waals surface area contributed by atoms with Crippen LogP contribution in [0.15, 0.2) is 36.5 Å². The summed E-state index contributed by atoms with van der Waals surface area (Å²) in [5.41, 5.74) is -0.730. The number of pyridine rings is 2. The summed E-state index contributed by atoms with van der Waals surface area (Å²) in [6.45, 7) is 6.08. The fourth-order valence-electron chi connectivity index (χ4n) is 4.18. The number of aromatic nitrogens is 2. The molecule has 9 heteroatoms. The number of fused-ring (bicyclic) bond motifs is 1. The first-order chi connectivity index (χ1) is 16.5. The Morgan fingerprint density at radius 3 is 2.54 bits per heavy atom. The Morgan fingerprint density at radius 2 is 1.89 bits per heavy atom. The fraction of sp³-hybridized carbons (Fsp3) is 0.346. The minimum absolute atomic E-state index is 0.0371. The third-order valence-corrected chi connectivity index (χ3v) is 6.19. The van der Waals surface area contributed by atoms with Gasteiger partial charge in [0.25, 0.3) is 5.91 Å². The number of hydrogen-bond donors (Lipinski definition) is 1. The second kappa shape index (κ2) is 9.28. The maximum Gasteiger partial charge on any atom is 0.254 e. The van der Waals surface area contributed by atoms with Gasteiger partial charge in [0.15, 0.2) is 0 Å². The van der Waals surface area contributed by atoms with Gasteiger partial charge in [-0.05, 0) is 63.6 Å². The van der Waals surface area contributed by atoms with E-state index in [2.05, 4.69) is 15.3 Å². The lowest BCUT2D eigenvalue weighted by Gasteiger charge is -2.19. The zero-order valence-corrected chi connectivity index (χ0v) is 19.9. The molecule has 1 N–H and O–H groups in total. The summed E-state index contributed by atoms with van der Waals surface area (Å²) in [5, 5.41) is 3.09. The summed E-state index contributed by atoms with van der Waals surface area (Å²) in [6, 6.07) is 5.55. The van der Waals surface area contributed by atoms with Crippen molar-refractivity contribution in [1.29, 1.82) is 0 Å². The Kier molecular flexibility index (Phi) is 6.53. The standard InChI is InChI=1S/C26H26F4N4O/c1-5-34-13-20-17(25(34)35)6-7-31-24(20)32-14(2)18-10-22(29)19(11-21(18)28)23-9-15(26(3,4)30)8-16(12-27)33-23/h6-11,14H,5,12-13H2,1-4H3,(H,31,32)/t14-/m0/s1. The van der Waals surface area contributed by atoms with Crippen LogP contribution in [0.5, 0.6) is 0 Å². The zero-order valence-electron chi connectivity index (χ0n) is 19.9. The van der Waals surface area contributed by atoms with Crippen LogP contribution in [0.3, 0.4) is 0 Å². The van der Waals surface area contributed by atoms with E-state index in [1.54, 1.807) is 17.9 Å². The molecule has 0 spiro atoms. The van der Waals surface area contributed by atoms with Gasteiger partial charge in [-0.25, -0.2) is 27.5 Å². The fourth-order valence-corrected chi connectivity index (χ4v) is 4.18. The molecule has 0 saturated heterocycles.